The first-order valence-electron chi connectivity index (χ1n) is 8.78. The van der Waals surface area contributed by atoms with Crippen LogP contribution in [0.25, 0.3) is 0 Å². The van der Waals surface area contributed by atoms with Crippen LogP contribution in [0.4, 0.5) is 11.4 Å². The minimum Gasteiger partial charge on any atom is -0.494 e. The number of carbonyl (C=O) groups excluding carboxylic acids is 1. The predicted octanol–water partition coefficient (Wildman–Crippen LogP) is 4.78. The highest BCUT2D eigenvalue weighted by molar-refractivity contribution is 5.94. The number of anilines is 2. The van der Waals surface area contributed by atoms with Crippen molar-refractivity contribution in [1.82, 2.24) is 0 Å². The van der Waals surface area contributed by atoms with Gasteiger partial charge in [0.25, 0.3) is 0 Å². The molecular formula is C21H28N2O2. The Balaban J connectivity index is 1.79. The third kappa shape index (κ3) is 6.49. The molecule has 0 atom stereocenters. The van der Waals surface area contributed by atoms with Gasteiger partial charge in [0, 0.05) is 11.4 Å². The summed E-state index contributed by atoms with van der Waals surface area (Å²) in [7, 11) is 0. The van der Waals surface area contributed by atoms with Crippen molar-refractivity contribution in [2.75, 3.05) is 23.8 Å². The van der Waals surface area contributed by atoms with Crippen LogP contribution in [0.2, 0.25) is 0 Å². The quantitative estimate of drug-likeness (QED) is 0.727. The normalized spacial score (nSPS) is 10.6. The van der Waals surface area contributed by atoms with Crippen molar-refractivity contribution < 1.29 is 9.53 Å². The number of ether oxygens (including phenoxy) is 1. The van der Waals surface area contributed by atoms with Gasteiger partial charge in [-0.15, -0.1) is 0 Å². The van der Waals surface area contributed by atoms with Crippen molar-refractivity contribution in [3.8, 4) is 5.75 Å². The molecule has 2 rings (SSSR count). The number of rotatable bonds is 8. The molecule has 0 aliphatic carbocycles. The van der Waals surface area contributed by atoms with E-state index < -0.39 is 0 Å². The topological polar surface area (TPSA) is 50.4 Å². The molecule has 0 aliphatic rings. The number of aryl methyl sites for hydroxylation is 2. The van der Waals surface area contributed by atoms with Gasteiger partial charge in [-0.3, -0.25) is 4.79 Å². The lowest BCUT2D eigenvalue weighted by Crippen LogP contribution is -2.22. The second-order valence-electron chi connectivity index (χ2n) is 6.78. The molecular weight excluding hydrogens is 312 g/mol. The predicted molar refractivity (Wildman–Crippen MR) is 104 cm³/mol. The van der Waals surface area contributed by atoms with Crippen LogP contribution in [0.5, 0.6) is 5.75 Å². The lowest BCUT2D eigenvalue weighted by Gasteiger charge is -2.11. The van der Waals surface area contributed by atoms with Crippen LogP contribution in [0.1, 0.15) is 31.4 Å². The Labute approximate surface area is 150 Å². The third-order valence-electron chi connectivity index (χ3n) is 3.93. The van der Waals surface area contributed by atoms with Gasteiger partial charge in [-0.25, -0.2) is 0 Å². The molecule has 2 aromatic rings. The second kappa shape index (κ2) is 9.11. The summed E-state index contributed by atoms with van der Waals surface area (Å²) in [6.45, 7) is 9.34. The van der Waals surface area contributed by atoms with Crippen molar-refractivity contribution in [1.29, 1.82) is 0 Å². The van der Waals surface area contributed by atoms with Gasteiger partial charge in [0.2, 0.25) is 5.91 Å². The second-order valence-corrected chi connectivity index (χ2v) is 6.78. The van der Waals surface area contributed by atoms with E-state index in [0.717, 1.165) is 35.7 Å². The molecule has 0 fully saturated rings. The molecule has 134 valence electrons. The van der Waals surface area contributed by atoms with Crippen LogP contribution in [-0.4, -0.2) is 19.1 Å². The van der Waals surface area contributed by atoms with E-state index in [0.29, 0.717) is 5.92 Å². The fourth-order valence-corrected chi connectivity index (χ4v) is 2.41. The van der Waals surface area contributed by atoms with Crippen LogP contribution in [0, 0.1) is 19.8 Å². The molecule has 2 N–H and O–H groups in total. The Morgan fingerprint density at radius 3 is 2.44 bits per heavy atom. The van der Waals surface area contributed by atoms with E-state index in [4.69, 9.17) is 4.74 Å². The molecule has 4 heteroatoms. The highest BCUT2D eigenvalue weighted by atomic mass is 16.5. The number of benzene rings is 2. The Morgan fingerprint density at radius 2 is 1.80 bits per heavy atom. The monoisotopic (exact) mass is 340 g/mol. The van der Waals surface area contributed by atoms with Gasteiger partial charge in [-0.1, -0.05) is 31.5 Å². The van der Waals surface area contributed by atoms with Gasteiger partial charge in [-0.2, -0.15) is 0 Å². The van der Waals surface area contributed by atoms with E-state index in [2.05, 4.69) is 30.5 Å². The zero-order valence-electron chi connectivity index (χ0n) is 15.6. The first-order chi connectivity index (χ1) is 11.9. The number of amides is 1. The van der Waals surface area contributed by atoms with Gasteiger partial charge in [0.05, 0.1) is 13.2 Å². The average Bonchev–Trinajstić information content (AvgIpc) is 2.56. The SMILES string of the molecule is Cc1ccc(NC(=O)CNc2ccc(OCCC(C)C)cc2)c(C)c1. The summed E-state index contributed by atoms with van der Waals surface area (Å²) in [5.41, 5.74) is 4.00. The molecule has 0 saturated carbocycles. The summed E-state index contributed by atoms with van der Waals surface area (Å²) >= 11 is 0. The molecule has 0 spiro atoms. The van der Waals surface area contributed by atoms with E-state index in [9.17, 15) is 4.79 Å². The van der Waals surface area contributed by atoms with E-state index in [1.807, 2.05) is 50.2 Å². The van der Waals surface area contributed by atoms with Crippen LogP contribution < -0.4 is 15.4 Å². The van der Waals surface area contributed by atoms with Crippen LogP contribution in [0.15, 0.2) is 42.5 Å². The fraction of sp³-hybridized carbons (Fsp3) is 0.381. The Kier molecular flexibility index (Phi) is 6.87. The van der Waals surface area contributed by atoms with E-state index in [1.165, 1.54) is 5.56 Å². The van der Waals surface area contributed by atoms with E-state index in [1.54, 1.807) is 0 Å². The maximum absolute atomic E-state index is 12.1. The minimum absolute atomic E-state index is 0.0655. The van der Waals surface area contributed by atoms with Crippen molar-refractivity contribution in [2.45, 2.75) is 34.1 Å². The van der Waals surface area contributed by atoms with Crippen molar-refractivity contribution in [2.24, 2.45) is 5.92 Å². The van der Waals surface area contributed by atoms with Crippen molar-refractivity contribution >= 4 is 17.3 Å². The van der Waals surface area contributed by atoms with Crippen molar-refractivity contribution in [3.05, 3.63) is 53.6 Å². The Hall–Kier alpha value is -2.49. The number of nitrogens with one attached hydrogen (secondary N) is 2. The molecule has 0 saturated heterocycles. The van der Waals surface area contributed by atoms with Crippen LogP contribution >= 0.6 is 0 Å². The summed E-state index contributed by atoms with van der Waals surface area (Å²) in [6.07, 6.45) is 1.04. The Bertz CT molecular complexity index is 694. The van der Waals surface area contributed by atoms with Crippen LogP contribution in [-0.2, 0) is 4.79 Å². The van der Waals surface area contributed by atoms with Gasteiger partial charge in [-0.05, 0) is 62.1 Å². The van der Waals surface area contributed by atoms with Gasteiger partial charge in [0.15, 0.2) is 0 Å². The molecule has 4 nitrogen and oxygen atoms in total. The first kappa shape index (κ1) is 18.8. The molecule has 0 aliphatic heterocycles. The van der Waals surface area contributed by atoms with E-state index in [-0.39, 0.29) is 12.5 Å². The van der Waals surface area contributed by atoms with Gasteiger partial charge < -0.3 is 15.4 Å². The molecule has 0 bridgehead atoms. The zero-order chi connectivity index (χ0) is 18.2. The molecule has 0 heterocycles. The molecule has 1 amide bonds. The number of hydrogen-bond donors (Lipinski definition) is 2. The minimum atomic E-state index is -0.0655. The van der Waals surface area contributed by atoms with Crippen LogP contribution in [0.3, 0.4) is 0 Å². The summed E-state index contributed by atoms with van der Waals surface area (Å²) in [5.74, 6) is 1.42. The first-order valence-corrected chi connectivity index (χ1v) is 8.78. The molecule has 0 radical (unpaired) electrons. The van der Waals surface area contributed by atoms with Gasteiger partial charge >= 0.3 is 0 Å². The van der Waals surface area contributed by atoms with Crippen molar-refractivity contribution in [3.63, 3.8) is 0 Å². The molecule has 0 unspecified atom stereocenters. The maximum atomic E-state index is 12.1. The third-order valence-corrected chi connectivity index (χ3v) is 3.93. The largest absolute Gasteiger partial charge is 0.494 e. The van der Waals surface area contributed by atoms with Gasteiger partial charge in [0.1, 0.15) is 5.75 Å². The highest BCUT2D eigenvalue weighted by Crippen LogP contribution is 2.17. The Morgan fingerprint density at radius 1 is 1.08 bits per heavy atom. The lowest BCUT2D eigenvalue weighted by molar-refractivity contribution is -0.114. The summed E-state index contributed by atoms with van der Waals surface area (Å²) in [4.78, 5) is 12.1. The summed E-state index contributed by atoms with van der Waals surface area (Å²) < 4.78 is 5.69. The maximum Gasteiger partial charge on any atom is 0.243 e. The molecule has 0 aromatic heterocycles. The standard InChI is InChI=1S/C21H28N2O2/c1-15(2)11-12-25-19-8-6-18(7-9-19)22-14-21(24)23-20-10-5-16(3)13-17(20)4/h5-10,13,15,22H,11-12,14H2,1-4H3,(H,23,24). The zero-order valence-corrected chi connectivity index (χ0v) is 15.6. The fourth-order valence-electron chi connectivity index (χ4n) is 2.41. The van der Waals surface area contributed by atoms with E-state index >= 15 is 0 Å². The molecule has 2 aromatic carbocycles. The molecule has 25 heavy (non-hydrogen) atoms. The summed E-state index contributed by atoms with van der Waals surface area (Å²) in [5, 5.41) is 6.06. The average molecular weight is 340 g/mol. The highest BCUT2D eigenvalue weighted by Gasteiger charge is 2.05. The number of hydrogen-bond acceptors (Lipinski definition) is 3. The lowest BCUT2D eigenvalue weighted by atomic mass is 10.1. The smallest absolute Gasteiger partial charge is 0.243 e. The number of carbonyl (C=O) groups is 1. The summed E-state index contributed by atoms with van der Waals surface area (Å²) in [6, 6.07) is 13.7.